The molecule has 1 aromatic rings. The first-order chi connectivity index (χ1) is 12.3. The topological polar surface area (TPSA) is 67.2 Å². The summed E-state index contributed by atoms with van der Waals surface area (Å²) in [6, 6.07) is 3.82. The van der Waals surface area contributed by atoms with Crippen LogP contribution in [0.25, 0.3) is 0 Å². The molecule has 1 aliphatic heterocycles. The van der Waals surface area contributed by atoms with Crippen molar-refractivity contribution in [1.29, 1.82) is 0 Å². The van der Waals surface area contributed by atoms with Crippen LogP contribution in [0, 0.1) is 5.92 Å². The molecule has 26 heavy (non-hydrogen) atoms. The molecule has 144 valence electrons. The zero-order valence-electron chi connectivity index (χ0n) is 16.3. The predicted octanol–water partition coefficient (Wildman–Crippen LogP) is 1.92. The second kappa shape index (κ2) is 7.91. The molecule has 1 aromatic heterocycles. The Morgan fingerprint density at radius 3 is 2.65 bits per heavy atom. The number of piperidine rings is 1. The van der Waals surface area contributed by atoms with Crippen molar-refractivity contribution in [2.24, 2.45) is 5.92 Å². The summed E-state index contributed by atoms with van der Waals surface area (Å²) >= 11 is 0. The summed E-state index contributed by atoms with van der Waals surface area (Å²) in [5.41, 5.74) is 0.813. The van der Waals surface area contributed by atoms with E-state index in [9.17, 15) is 9.59 Å². The Kier molecular flexibility index (Phi) is 5.80. The Morgan fingerprint density at radius 2 is 1.96 bits per heavy atom. The lowest BCUT2D eigenvalue weighted by atomic mass is 9.92. The van der Waals surface area contributed by atoms with Crippen LogP contribution in [0.5, 0.6) is 0 Å². The van der Waals surface area contributed by atoms with E-state index in [-0.39, 0.29) is 22.8 Å². The van der Waals surface area contributed by atoms with E-state index in [0.29, 0.717) is 12.6 Å². The van der Waals surface area contributed by atoms with Gasteiger partial charge in [0.1, 0.15) is 0 Å². The van der Waals surface area contributed by atoms with Gasteiger partial charge in [-0.15, -0.1) is 0 Å². The van der Waals surface area contributed by atoms with Crippen LogP contribution >= 0.6 is 0 Å². The van der Waals surface area contributed by atoms with E-state index in [2.05, 4.69) is 36.1 Å². The highest BCUT2D eigenvalue weighted by Crippen LogP contribution is 2.28. The average Bonchev–Trinajstić information content (AvgIpc) is 3.44. The van der Waals surface area contributed by atoms with Crippen molar-refractivity contribution in [2.45, 2.75) is 70.9 Å². The molecular weight excluding hydrogens is 328 g/mol. The van der Waals surface area contributed by atoms with Gasteiger partial charge in [-0.2, -0.15) is 5.10 Å². The summed E-state index contributed by atoms with van der Waals surface area (Å²) in [6.07, 6.45) is 5.57. The zero-order chi connectivity index (χ0) is 18.7. The maximum atomic E-state index is 12.2. The van der Waals surface area contributed by atoms with Gasteiger partial charge in [0.05, 0.1) is 12.2 Å². The van der Waals surface area contributed by atoms with E-state index in [4.69, 9.17) is 0 Å². The van der Waals surface area contributed by atoms with E-state index >= 15 is 0 Å². The van der Waals surface area contributed by atoms with Crippen molar-refractivity contribution in [1.82, 2.24) is 20.0 Å². The summed E-state index contributed by atoms with van der Waals surface area (Å²) in [7, 11) is 0. The highest BCUT2D eigenvalue weighted by Gasteiger charge is 2.30. The Labute approximate surface area is 156 Å². The number of hydrogen-bond donors (Lipinski definition) is 1. The molecule has 0 spiro atoms. The maximum Gasteiger partial charge on any atom is 0.266 e. The van der Waals surface area contributed by atoms with Crippen molar-refractivity contribution >= 4 is 5.91 Å². The first kappa shape index (κ1) is 19.1. The molecule has 1 aliphatic carbocycles. The van der Waals surface area contributed by atoms with Crippen molar-refractivity contribution in [3.63, 3.8) is 0 Å². The normalized spacial score (nSPS) is 21.6. The van der Waals surface area contributed by atoms with Crippen LogP contribution in [0.1, 0.15) is 58.6 Å². The monoisotopic (exact) mass is 360 g/mol. The third-order valence-electron chi connectivity index (χ3n) is 5.44. The fraction of sp³-hybridized carbons (Fsp3) is 0.750. The molecule has 2 aliphatic rings. The van der Waals surface area contributed by atoms with Crippen LogP contribution in [-0.4, -0.2) is 46.3 Å². The molecule has 2 heterocycles. The minimum absolute atomic E-state index is 0.0476. The second-order valence-electron chi connectivity index (χ2n) is 8.73. The number of nitrogens with one attached hydrogen (secondary N) is 1. The Morgan fingerprint density at radius 1 is 1.19 bits per heavy atom. The smallest absolute Gasteiger partial charge is 0.266 e. The predicted molar refractivity (Wildman–Crippen MR) is 102 cm³/mol. The van der Waals surface area contributed by atoms with Crippen molar-refractivity contribution in [2.75, 3.05) is 19.6 Å². The van der Waals surface area contributed by atoms with Crippen LogP contribution in [0.15, 0.2) is 16.9 Å². The fourth-order valence-electron chi connectivity index (χ4n) is 3.53. The van der Waals surface area contributed by atoms with Crippen LogP contribution in [0.2, 0.25) is 0 Å². The quantitative estimate of drug-likeness (QED) is 0.842. The van der Waals surface area contributed by atoms with Crippen LogP contribution in [0.3, 0.4) is 0 Å². The van der Waals surface area contributed by atoms with Gasteiger partial charge in [0, 0.05) is 36.5 Å². The van der Waals surface area contributed by atoms with Crippen molar-refractivity contribution in [3.8, 4) is 0 Å². The molecule has 1 amide bonds. The van der Waals surface area contributed by atoms with Crippen molar-refractivity contribution in [3.05, 3.63) is 28.2 Å². The number of aromatic nitrogens is 2. The molecule has 1 unspecified atom stereocenters. The largest absolute Gasteiger partial charge is 0.354 e. The number of likely N-dealkylation sites (tertiary alicyclic amines) is 1. The lowest BCUT2D eigenvalue weighted by Gasteiger charge is -2.35. The fourth-order valence-corrected chi connectivity index (χ4v) is 3.53. The van der Waals surface area contributed by atoms with Gasteiger partial charge in [-0.1, -0.05) is 27.2 Å². The van der Waals surface area contributed by atoms with Gasteiger partial charge in [-0.3, -0.25) is 14.5 Å². The molecule has 6 heteroatoms. The van der Waals surface area contributed by atoms with Gasteiger partial charge in [-0.25, -0.2) is 4.68 Å². The van der Waals surface area contributed by atoms with E-state index < -0.39 is 0 Å². The minimum atomic E-state index is -0.0732. The molecule has 1 atom stereocenters. The number of rotatable bonds is 6. The third kappa shape index (κ3) is 4.93. The van der Waals surface area contributed by atoms with Crippen LogP contribution < -0.4 is 10.9 Å². The Bertz CT molecular complexity index is 688. The second-order valence-corrected chi connectivity index (χ2v) is 8.73. The molecule has 0 bridgehead atoms. The van der Waals surface area contributed by atoms with E-state index in [1.54, 1.807) is 10.7 Å². The Balaban J connectivity index is 1.59. The number of nitrogens with zero attached hydrogens (tertiary/aromatic N) is 3. The summed E-state index contributed by atoms with van der Waals surface area (Å²) < 4.78 is 1.59. The van der Waals surface area contributed by atoms with E-state index in [1.165, 1.54) is 12.8 Å². The molecule has 6 nitrogen and oxygen atoms in total. The van der Waals surface area contributed by atoms with Gasteiger partial charge in [0.15, 0.2) is 0 Å². The highest BCUT2D eigenvalue weighted by molar-refractivity contribution is 5.80. The van der Waals surface area contributed by atoms with Gasteiger partial charge < -0.3 is 5.32 Å². The van der Waals surface area contributed by atoms with Gasteiger partial charge in [0.2, 0.25) is 5.91 Å². The van der Waals surface area contributed by atoms with E-state index in [1.807, 2.05) is 6.07 Å². The minimum Gasteiger partial charge on any atom is -0.354 e. The van der Waals surface area contributed by atoms with Crippen LogP contribution in [0.4, 0.5) is 0 Å². The van der Waals surface area contributed by atoms with Crippen LogP contribution in [-0.2, 0) is 16.8 Å². The number of hydrogen-bond acceptors (Lipinski definition) is 4. The molecule has 3 rings (SSSR count). The highest BCUT2D eigenvalue weighted by atomic mass is 16.2. The summed E-state index contributed by atoms with van der Waals surface area (Å²) in [6.45, 7) is 9.45. The standard InChI is InChI=1S/C20H32N4O2/c1-20(2,3)17-9-10-18(25)24(22-17)13-12-23-11-5-4-6-16(23)14-21-19(26)15-7-8-15/h9-10,15-16H,4-8,11-14H2,1-3H3,(H,21,26). The number of amides is 1. The third-order valence-corrected chi connectivity index (χ3v) is 5.44. The molecule has 1 N–H and O–H groups in total. The van der Waals surface area contributed by atoms with Gasteiger partial charge in [-0.05, 0) is 38.3 Å². The summed E-state index contributed by atoms with van der Waals surface area (Å²) in [5, 5.41) is 7.68. The van der Waals surface area contributed by atoms with Gasteiger partial charge >= 0.3 is 0 Å². The van der Waals surface area contributed by atoms with Crippen molar-refractivity contribution < 1.29 is 4.79 Å². The molecule has 1 saturated heterocycles. The maximum absolute atomic E-state index is 12.2. The first-order valence-corrected chi connectivity index (χ1v) is 9.95. The first-order valence-electron chi connectivity index (χ1n) is 9.95. The van der Waals surface area contributed by atoms with Gasteiger partial charge in [0.25, 0.3) is 5.56 Å². The molecule has 0 radical (unpaired) electrons. The number of carbonyl (C=O) groups excluding carboxylic acids is 1. The summed E-state index contributed by atoms with van der Waals surface area (Å²) in [5.74, 6) is 0.473. The van der Waals surface area contributed by atoms with E-state index in [0.717, 1.165) is 44.6 Å². The summed E-state index contributed by atoms with van der Waals surface area (Å²) in [4.78, 5) is 26.5. The molecule has 2 fully saturated rings. The lowest BCUT2D eigenvalue weighted by molar-refractivity contribution is -0.122. The molecule has 1 saturated carbocycles. The molecule has 0 aromatic carbocycles. The zero-order valence-corrected chi connectivity index (χ0v) is 16.3. The lowest BCUT2D eigenvalue weighted by Crippen LogP contribution is -2.48. The number of carbonyl (C=O) groups is 1. The molecular formula is C20H32N4O2. The Hall–Kier alpha value is -1.69. The average molecular weight is 361 g/mol. The SMILES string of the molecule is CC(C)(C)c1ccc(=O)n(CCN2CCCCC2CNC(=O)C2CC2)n1.